The van der Waals surface area contributed by atoms with E-state index in [2.05, 4.69) is 38.1 Å². The number of aryl methyl sites for hydroxylation is 1. The summed E-state index contributed by atoms with van der Waals surface area (Å²) in [6.45, 7) is 4.45. The summed E-state index contributed by atoms with van der Waals surface area (Å²) in [5, 5.41) is 0. The lowest BCUT2D eigenvalue weighted by atomic mass is 9.78. The molecule has 0 amide bonds. The van der Waals surface area contributed by atoms with Crippen LogP contribution in [0, 0.1) is 18.8 Å². The van der Waals surface area contributed by atoms with Crippen LogP contribution in [0.4, 0.5) is 0 Å². The fraction of sp³-hybridized carbons (Fsp3) is 0.647. The van der Waals surface area contributed by atoms with E-state index in [-0.39, 0.29) is 0 Å². The summed E-state index contributed by atoms with van der Waals surface area (Å²) >= 11 is 1.91. The molecule has 1 aromatic rings. The summed E-state index contributed by atoms with van der Waals surface area (Å²) in [5.74, 6) is 2.78. The van der Waals surface area contributed by atoms with Crippen molar-refractivity contribution in [2.75, 3.05) is 5.75 Å². The van der Waals surface area contributed by atoms with Gasteiger partial charge in [-0.25, -0.2) is 0 Å². The van der Waals surface area contributed by atoms with Crippen molar-refractivity contribution in [3.8, 4) is 0 Å². The zero-order chi connectivity index (χ0) is 13.7. The highest BCUT2D eigenvalue weighted by molar-refractivity contribution is 7.99. The van der Waals surface area contributed by atoms with Crippen molar-refractivity contribution in [1.82, 2.24) is 0 Å². The van der Waals surface area contributed by atoms with Gasteiger partial charge < -0.3 is 5.73 Å². The Bertz CT molecular complexity index is 365. The minimum absolute atomic E-state index is 0.365. The first-order chi connectivity index (χ1) is 9.19. The van der Waals surface area contributed by atoms with Crippen molar-refractivity contribution in [2.45, 2.75) is 56.9 Å². The molecule has 0 aromatic heterocycles. The molecule has 0 bridgehead atoms. The largest absolute Gasteiger partial charge is 0.327 e. The molecule has 2 heteroatoms. The third-order valence-corrected chi connectivity index (χ3v) is 5.69. The number of rotatable bonds is 5. The number of benzene rings is 1. The molecular weight excluding hydrogens is 250 g/mol. The van der Waals surface area contributed by atoms with E-state index < -0.39 is 0 Å². The topological polar surface area (TPSA) is 26.0 Å². The quantitative estimate of drug-likeness (QED) is 0.794. The summed E-state index contributed by atoms with van der Waals surface area (Å²) < 4.78 is 0. The molecule has 1 atom stereocenters. The van der Waals surface area contributed by atoms with Gasteiger partial charge in [0.1, 0.15) is 0 Å². The van der Waals surface area contributed by atoms with Crippen molar-refractivity contribution in [3.63, 3.8) is 0 Å². The first-order valence-electron chi connectivity index (χ1n) is 7.64. The average Bonchev–Trinajstić information content (AvgIpc) is 2.46. The molecule has 2 rings (SSSR count). The summed E-state index contributed by atoms with van der Waals surface area (Å²) in [4.78, 5) is 1.35. The third-order valence-electron chi connectivity index (χ3n) is 4.54. The van der Waals surface area contributed by atoms with Crippen LogP contribution in [0.1, 0.15) is 44.6 Å². The molecule has 0 aliphatic heterocycles. The molecule has 0 radical (unpaired) electrons. The standard InChI is InChI=1S/C17H27NS/c1-3-14-6-8-15(9-7-14)17(18)12-19-16-10-4-13(2)5-11-16/h4-5,10-11,14-15,17H,3,6-9,12,18H2,1-2H3. The van der Waals surface area contributed by atoms with E-state index in [4.69, 9.17) is 5.73 Å². The Morgan fingerprint density at radius 2 is 1.79 bits per heavy atom. The Morgan fingerprint density at radius 1 is 1.16 bits per heavy atom. The predicted octanol–water partition coefficient (Wildman–Crippen LogP) is 4.63. The van der Waals surface area contributed by atoms with E-state index in [0.717, 1.165) is 17.6 Å². The zero-order valence-electron chi connectivity index (χ0n) is 12.3. The van der Waals surface area contributed by atoms with Crippen LogP contribution in [0.2, 0.25) is 0 Å². The molecule has 1 aromatic carbocycles. The van der Waals surface area contributed by atoms with Gasteiger partial charge in [-0.3, -0.25) is 0 Å². The SMILES string of the molecule is CCC1CCC(C(N)CSc2ccc(C)cc2)CC1. The van der Waals surface area contributed by atoms with E-state index in [0.29, 0.717) is 6.04 Å². The number of hydrogen-bond donors (Lipinski definition) is 1. The van der Waals surface area contributed by atoms with Crippen LogP contribution < -0.4 is 5.73 Å². The minimum atomic E-state index is 0.365. The van der Waals surface area contributed by atoms with Crippen LogP contribution in [-0.4, -0.2) is 11.8 Å². The van der Waals surface area contributed by atoms with E-state index >= 15 is 0 Å². The molecule has 0 saturated heterocycles. The Kier molecular flexibility index (Phi) is 5.77. The van der Waals surface area contributed by atoms with Crippen LogP contribution in [-0.2, 0) is 0 Å². The molecule has 1 saturated carbocycles. The first-order valence-corrected chi connectivity index (χ1v) is 8.62. The third kappa shape index (κ3) is 4.54. The molecule has 1 aliphatic rings. The lowest BCUT2D eigenvalue weighted by molar-refractivity contribution is 0.247. The van der Waals surface area contributed by atoms with Gasteiger partial charge in [-0.1, -0.05) is 43.9 Å². The number of nitrogens with two attached hydrogens (primary N) is 1. The van der Waals surface area contributed by atoms with E-state index in [9.17, 15) is 0 Å². The Balaban J connectivity index is 1.75. The highest BCUT2D eigenvalue weighted by Gasteiger charge is 2.24. The number of thioether (sulfide) groups is 1. The highest BCUT2D eigenvalue weighted by atomic mass is 32.2. The lowest BCUT2D eigenvalue weighted by Crippen LogP contribution is -2.35. The van der Waals surface area contributed by atoms with Crippen molar-refractivity contribution >= 4 is 11.8 Å². The second-order valence-corrected chi connectivity index (χ2v) is 7.07. The Labute approximate surface area is 122 Å². The Hall–Kier alpha value is -0.470. The molecule has 1 fully saturated rings. The van der Waals surface area contributed by atoms with E-state index in [1.165, 1.54) is 42.6 Å². The fourth-order valence-electron chi connectivity index (χ4n) is 2.99. The van der Waals surface area contributed by atoms with Gasteiger partial charge in [0.25, 0.3) is 0 Å². The minimum Gasteiger partial charge on any atom is -0.327 e. The molecule has 0 spiro atoms. The van der Waals surface area contributed by atoms with Crippen molar-refractivity contribution < 1.29 is 0 Å². The van der Waals surface area contributed by atoms with Crippen molar-refractivity contribution in [1.29, 1.82) is 0 Å². The van der Waals surface area contributed by atoms with Crippen LogP contribution in [0.5, 0.6) is 0 Å². The van der Waals surface area contributed by atoms with Crippen LogP contribution in [0.3, 0.4) is 0 Å². The molecule has 2 N–H and O–H groups in total. The maximum Gasteiger partial charge on any atom is 0.0162 e. The summed E-state index contributed by atoms with van der Waals surface area (Å²) in [5.41, 5.74) is 7.72. The maximum absolute atomic E-state index is 6.39. The maximum atomic E-state index is 6.39. The van der Waals surface area contributed by atoms with Gasteiger partial charge in [0, 0.05) is 16.7 Å². The van der Waals surface area contributed by atoms with Crippen LogP contribution >= 0.6 is 11.8 Å². The Morgan fingerprint density at radius 3 is 2.37 bits per heavy atom. The lowest BCUT2D eigenvalue weighted by Gasteiger charge is -2.31. The van der Waals surface area contributed by atoms with Crippen molar-refractivity contribution in [3.05, 3.63) is 29.8 Å². The van der Waals surface area contributed by atoms with Gasteiger partial charge in [0.15, 0.2) is 0 Å². The predicted molar refractivity (Wildman–Crippen MR) is 85.6 cm³/mol. The van der Waals surface area contributed by atoms with Crippen LogP contribution in [0.25, 0.3) is 0 Å². The van der Waals surface area contributed by atoms with Crippen molar-refractivity contribution in [2.24, 2.45) is 17.6 Å². The van der Waals surface area contributed by atoms with Gasteiger partial charge in [0.05, 0.1) is 0 Å². The second kappa shape index (κ2) is 7.35. The molecule has 1 nitrogen and oxygen atoms in total. The van der Waals surface area contributed by atoms with Gasteiger partial charge in [0.2, 0.25) is 0 Å². The van der Waals surface area contributed by atoms with E-state index in [1.807, 2.05) is 11.8 Å². The molecule has 1 aliphatic carbocycles. The van der Waals surface area contributed by atoms with Gasteiger partial charge in [-0.2, -0.15) is 0 Å². The molecule has 19 heavy (non-hydrogen) atoms. The van der Waals surface area contributed by atoms with E-state index in [1.54, 1.807) is 0 Å². The highest BCUT2D eigenvalue weighted by Crippen LogP contribution is 2.33. The second-order valence-electron chi connectivity index (χ2n) is 5.98. The van der Waals surface area contributed by atoms with Gasteiger partial charge in [-0.05, 0) is 43.7 Å². The molecule has 0 heterocycles. The fourth-order valence-corrected chi connectivity index (χ4v) is 3.97. The van der Waals surface area contributed by atoms with Gasteiger partial charge >= 0.3 is 0 Å². The first kappa shape index (κ1) is 14.9. The smallest absolute Gasteiger partial charge is 0.0162 e. The normalized spacial score (nSPS) is 25.2. The summed E-state index contributed by atoms with van der Waals surface area (Å²) in [6, 6.07) is 9.14. The monoisotopic (exact) mass is 277 g/mol. The molecule has 1 unspecified atom stereocenters. The summed E-state index contributed by atoms with van der Waals surface area (Å²) in [6.07, 6.45) is 6.82. The van der Waals surface area contributed by atoms with Crippen LogP contribution in [0.15, 0.2) is 29.2 Å². The average molecular weight is 277 g/mol. The number of hydrogen-bond acceptors (Lipinski definition) is 2. The molecule has 106 valence electrons. The van der Waals surface area contributed by atoms with Gasteiger partial charge in [-0.15, -0.1) is 11.8 Å². The summed E-state index contributed by atoms with van der Waals surface area (Å²) in [7, 11) is 0. The molecular formula is C17H27NS. The zero-order valence-corrected chi connectivity index (χ0v) is 13.1.